The number of hydrogen-bond donors (Lipinski definition) is 0. The molecule has 2 nitrogen and oxygen atoms in total. The molecule has 0 aliphatic rings. The van der Waals surface area contributed by atoms with Crippen LogP contribution in [0.1, 0.15) is 53.9 Å². The zero-order chi connectivity index (χ0) is 11.9. The fourth-order valence-corrected chi connectivity index (χ4v) is 2.14. The van der Waals surface area contributed by atoms with Gasteiger partial charge in [-0.15, -0.1) is 0 Å². The maximum absolute atomic E-state index is 12.0. The number of nitrogens with zero attached hydrogens (tertiary/aromatic N) is 1. The topological polar surface area (TPSA) is 20.3 Å². The zero-order valence-electron chi connectivity index (χ0n) is 10.8. The normalized spacial score (nSPS) is 11.5. The molecule has 0 aromatic carbocycles. The number of rotatable bonds is 6. The average molecular weight is 231 g/mol. The van der Waals surface area contributed by atoms with Gasteiger partial charge in [-0.05, 0) is 19.3 Å². The second-order valence-electron chi connectivity index (χ2n) is 4.47. The van der Waals surface area contributed by atoms with Gasteiger partial charge in [-0.3, -0.25) is 4.79 Å². The van der Waals surface area contributed by atoms with Crippen molar-refractivity contribution in [2.24, 2.45) is 0 Å². The molecule has 0 aliphatic carbocycles. The third-order valence-corrected chi connectivity index (χ3v) is 3.73. The summed E-state index contributed by atoms with van der Waals surface area (Å²) in [6.45, 7) is 12.4. The summed E-state index contributed by atoms with van der Waals surface area (Å²) in [5.41, 5.74) is 0. The molecule has 0 rings (SSSR count). The Morgan fingerprint density at radius 3 is 1.93 bits per heavy atom. The van der Waals surface area contributed by atoms with Crippen molar-refractivity contribution < 1.29 is 4.79 Å². The molecule has 0 N–H and O–H groups in total. The van der Waals surface area contributed by atoms with Crippen molar-refractivity contribution in [3.63, 3.8) is 0 Å². The summed E-state index contributed by atoms with van der Waals surface area (Å²) in [4.78, 5) is 14.0. The van der Waals surface area contributed by atoms with Crippen LogP contribution in [0.5, 0.6) is 0 Å². The van der Waals surface area contributed by atoms with Gasteiger partial charge in [-0.1, -0.05) is 46.4 Å². The molecule has 0 unspecified atom stereocenters. The van der Waals surface area contributed by atoms with Crippen molar-refractivity contribution in [2.45, 2.75) is 58.6 Å². The van der Waals surface area contributed by atoms with Crippen LogP contribution in [0.2, 0.25) is 0 Å². The SMILES string of the molecule is CCCN(CCC)C(=O)SC(C)(C)CC. The van der Waals surface area contributed by atoms with Crippen LogP contribution in [0.25, 0.3) is 0 Å². The van der Waals surface area contributed by atoms with E-state index < -0.39 is 0 Å². The summed E-state index contributed by atoms with van der Waals surface area (Å²) in [6.07, 6.45) is 3.10. The van der Waals surface area contributed by atoms with Gasteiger partial charge in [-0.2, -0.15) is 0 Å². The van der Waals surface area contributed by atoms with Gasteiger partial charge in [0.25, 0.3) is 5.24 Å². The Hall–Kier alpha value is -0.180. The predicted octanol–water partition coefficient (Wildman–Crippen LogP) is 4.15. The van der Waals surface area contributed by atoms with Gasteiger partial charge in [-0.25, -0.2) is 0 Å². The molecule has 0 radical (unpaired) electrons. The van der Waals surface area contributed by atoms with E-state index in [1.54, 1.807) is 0 Å². The van der Waals surface area contributed by atoms with Gasteiger partial charge in [0.1, 0.15) is 0 Å². The van der Waals surface area contributed by atoms with Crippen LogP contribution in [-0.4, -0.2) is 28.0 Å². The summed E-state index contributed by atoms with van der Waals surface area (Å²) in [5.74, 6) is 0. The zero-order valence-corrected chi connectivity index (χ0v) is 11.6. The van der Waals surface area contributed by atoms with Gasteiger partial charge < -0.3 is 4.90 Å². The van der Waals surface area contributed by atoms with Crippen LogP contribution in [0.4, 0.5) is 4.79 Å². The molecule has 0 saturated carbocycles. The van der Waals surface area contributed by atoms with E-state index in [1.165, 1.54) is 11.8 Å². The van der Waals surface area contributed by atoms with Crippen LogP contribution < -0.4 is 0 Å². The Balaban J connectivity index is 4.24. The monoisotopic (exact) mass is 231 g/mol. The van der Waals surface area contributed by atoms with Gasteiger partial charge >= 0.3 is 0 Å². The minimum atomic E-state index is 0.0663. The van der Waals surface area contributed by atoms with E-state index in [2.05, 4.69) is 34.6 Å². The second-order valence-corrected chi connectivity index (χ2v) is 6.13. The highest BCUT2D eigenvalue weighted by atomic mass is 32.2. The maximum Gasteiger partial charge on any atom is 0.282 e. The Morgan fingerprint density at radius 2 is 1.60 bits per heavy atom. The number of thioether (sulfide) groups is 1. The van der Waals surface area contributed by atoms with E-state index in [4.69, 9.17) is 0 Å². The highest BCUT2D eigenvalue weighted by molar-refractivity contribution is 8.14. The molecule has 15 heavy (non-hydrogen) atoms. The molecule has 90 valence electrons. The Bertz CT molecular complexity index is 186. The molecule has 0 saturated heterocycles. The third kappa shape index (κ3) is 6.08. The number of amides is 1. The molecule has 1 amide bonds. The Morgan fingerprint density at radius 1 is 1.13 bits per heavy atom. The first-order valence-electron chi connectivity index (χ1n) is 5.94. The number of carbonyl (C=O) groups is 1. The maximum atomic E-state index is 12.0. The van der Waals surface area contributed by atoms with E-state index >= 15 is 0 Å². The summed E-state index contributed by atoms with van der Waals surface area (Å²) in [5, 5.41) is 0.241. The molecule has 3 heteroatoms. The molecule has 0 atom stereocenters. The highest BCUT2D eigenvalue weighted by Gasteiger charge is 2.23. The third-order valence-electron chi connectivity index (χ3n) is 2.46. The molecule has 0 fully saturated rings. The summed E-state index contributed by atoms with van der Waals surface area (Å²) in [7, 11) is 0. The fourth-order valence-electron chi connectivity index (χ4n) is 1.21. The first kappa shape index (κ1) is 14.8. The van der Waals surface area contributed by atoms with Crippen molar-refractivity contribution in [2.75, 3.05) is 13.1 Å². The van der Waals surface area contributed by atoms with Crippen molar-refractivity contribution in [1.82, 2.24) is 4.90 Å². The largest absolute Gasteiger partial charge is 0.334 e. The lowest BCUT2D eigenvalue weighted by atomic mass is 10.1. The average Bonchev–Trinajstić information content (AvgIpc) is 2.17. The summed E-state index contributed by atoms with van der Waals surface area (Å²) < 4.78 is 0.0663. The van der Waals surface area contributed by atoms with E-state index in [0.717, 1.165) is 32.4 Å². The molecule has 0 spiro atoms. The van der Waals surface area contributed by atoms with Gasteiger partial charge in [0.2, 0.25) is 0 Å². The van der Waals surface area contributed by atoms with Crippen molar-refractivity contribution in [3.8, 4) is 0 Å². The molecule has 0 aliphatic heterocycles. The predicted molar refractivity (Wildman–Crippen MR) is 69.5 cm³/mol. The second kappa shape index (κ2) is 7.15. The van der Waals surface area contributed by atoms with Gasteiger partial charge in [0.05, 0.1) is 0 Å². The summed E-state index contributed by atoms with van der Waals surface area (Å²) in [6, 6.07) is 0. The van der Waals surface area contributed by atoms with E-state index in [9.17, 15) is 4.79 Å². The quantitative estimate of drug-likeness (QED) is 0.684. The Labute approximate surface area is 98.8 Å². The number of carbonyl (C=O) groups excluding carboxylic acids is 1. The lowest BCUT2D eigenvalue weighted by Gasteiger charge is -2.27. The van der Waals surface area contributed by atoms with E-state index in [1.807, 2.05) is 4.90 Å². The Kier molecular flexibility index (Phi) is 7.07. The molecular formula is C12H25NOS. The smallest absolute Gasteiger partial charge is 0.282 e. The van der Waals surface area contributed by atoms with Crippen molar-refractivity contribution >= 4 is 17.0 Å². The first-order chi connectivity index (χ1) is 6.96. The molecule has 0 aromatic heterocycles. The van der Waals surface area contributed by atoms with Crippen LogP contribution in [-0.2, 0) is 0 Å². The van der Waals surface area contributed by atoms with Crippen LogP contribution in [0.3, 0.4) is 0 Å². The standard InChI is InChI=1S/C12H25NOS/c1-6-9-13(10-7-2)11(14)15-12(4,5)8-3/h6-10H2,1-5H3. The van der Waals surface area contributed by atoms with Crippen LogP contribution in [0.15, 0.2) is 0 Å². The van der Waals surface area contributed by atoms with E-state index in [0.29, 0.717) is 0 Å². The molecular weight excluding hydrogens is 206 g/mol. The van der Waals surface area contributed by atoms with Crippen molar-refractivity contribution in [3.05, 3.63) is 0 Å². The minimum Gasteiger partial charge on any atom is -0.334 e. The first-order valence-corrected chi connectivity index (χ1v) is 6.76. The van der Waals surface area contributed by atoms with Gasteiger partial charge in [0, 0.05) is 17.8 Å². The lowest BCUT2D eigenvalue weighted by molar-refractivity contribution is 0.222. The lowest BCUT2D eigenvalue weighted by Crippen LogP contribution is -2.32. The molecule has 0 heterocycles. The van der Waals surface area contributed by atoms with Gasteiger partial charge in [0.15, 0.2) is 0 Å². The summed E-state index contributed by atoms with van der Waals surface area (Å²) >= 11 is 1.48. The number of hydrogen-bond acceptors (Lipinski definition) is 2. The van der Waals surface area contributed by atoms with Crippen molar-refractivity contribution in [1.29, 1.82) is 0 Å². The van der Waals surface area contributed by atoms with E-state index in [-0.39, 0.29) is 9.99 Å². The van der Waals surface area contributed by atoms with Crippen LogP contribution >= 0.6 is 11.8 Å². The molecule has 0 aromatic rings. The van der Waals surface area contributed by atoms with Crippen LogP contribution in [0, 0.1) is 0 Å². The fraction of sp³-hybridized carbons (Fsp3) is 0.917. The minimum absolute atomic E-state index is 0.0663. The molecule has 0 bridgehead atoms. The highest BCUT2D eigenvalue weighted by Crippen LogP contribution is 2.30.